The van der Waals surface area contributed by atoms with E-state index in [4.69, 9.17) is 9.84 Å². The van der Waals surface area contributed by atoms with Crippen molar-refractivity contribution < 1.29 is 42.8 Å². The van der Waals surface area contributed by atoms with Gasteiger partial charge in [-0.25, -0.2) is 9.78 Å². The molecule has 0 aromatic carbocycles. The Morgan fingerprint density at radius 3 is 2.64 bits per heavy atom. The Morgan fingerprint density at radius 1 is 1.44 bits per heavy atom. The van der Waals surface area contributed by atoms with Gasteiger partial charge in [0, 0.05) is 0 Å². The fourth-order valence-electron chi connectivity index (χ4n) is 2.18. The molecule has 0 saturated carbocycles. The Labute approximate surface area is 139 Å². The number of hydrogen-bond donors (Lipinski definition) is 3. The number of aliphatic hydroxyl groups is 2. The van der Waals surface area contributed by atoms with Crippen molar-refractivity contribution in [3.63, 3.8) is 0 Å². The maximum atomic E-state index is 12.9. The van der Waals surface area contributed by atoms with Gasteiger partial charge in [0.2, 0.25) is 0 Å². The van der Waals surface area contributed by atoms with Gasteiger partial charge in [-0.1, -0.05) is 6.07 Å². The van der Waals surface area contributed by atoms with Crippen molar-refractivity contribution in [2.24, 2.45) is 0 Å². The van der Waals surface area contributed by atoms with E-state index < -0.39 is 41.6 Å². The first kappa shape index (κ1) is 19.1. The van der Waals surface area contributed by atoms with Crippen molar-refractivity contribution in [1.82, 2.24) is 4.98 Å². The summed E-state index contributed by atoms with van der Waals surface area (Å²) < 4.78 is 43.8. The third kappa shape index (κ3) is 3.57. The highest BCUT2D eigenvalue weighted by atomic mass is 19.4. The summed E-state index contributed by atoms with van der Waals surface area (Å²) in [7, 11) is 0. The normalized spacial score (nSPS) is 22.4. The first-order chi connectivity index (χ1) is 11.5. The molecule has 1 aromatic heterocycles. The van der Waals surface area contributed by atoms with E-state index >= 15 is 0 Å². The van der Waals surface area contributed by atoms with Crippen molar-refractivity contribution in [3.05, 3.63) is 23.9 Å². The summed E-state index contributed by atoms with van der Waals surface area (Å²) in [5.74, 6) is -2.86. The highest BCUT2D eigenvalue weighted by Gasteiger charge is 2.52. The highest BCUT2D eigenvalue weighted by molar-refractivity contribution is 5.99. The van der Waals surface area contributed by atoms with E-state index in [1.165, 1.54) is 12.1 Å². The lowest BCUT2D eigenvalue weighted by atomic mass is 10.0. The van der Waals surface area contributed by atoms with Gasteiger partial charge >= 0.3 is 12.1 Å². The van der Waals surface area contributed by atoms with Gasteiger partial charge < -0.3 is 20.1 Å². The molecule has 2 rings (SSSR count). The number of rotatable bonds is 4. The quantitative estimate of drug-likeness (QED) is 0.689. The molecule has 1 saturated heterocycles. The van der Waals surface area contributed by atoms with Gasteiger partial charge in [0.05, 0.1) is 18.8 Å². The number of carbonyl (C=O) groups is 2. The monoisotopic (exact) mass is 364 g/mol. The standard InChI is InChI=1S/C14H15F3N2O6/c1-13(24,14(15,16)17)7-3-2-4-8(18-7)19-5-6-25-10(11(19)21)9(20)12(22)23/h2-4,9-10,20,24H,5-6H2,1H3,(H,22,23). The van der Waals surface area contributed by atoms with E-state index in [1.807, 2.05) is 0 Å². The van der Waals surface area contributed by atoms with Crippen LogP contribution in [0.25, 0.3) is 0 Å². The molecule has 3 N–H and O–H groups in total. The number of carboxylic acid groups (broad SMARTS) is 1. The number of alkyl halides is 3. The summed E-state index contributed by atoms with van der Waals surface area (Å²) >= 11 is 0. The van der Waals surface area contributed by atoms with Gasteiger partial charge in [-0.3, -0.25) is 9.69 Å². The highest BCUT2D eigenvalue weighted by Crippen LogP contribution is 2.38. The number of carbonyl (C=O) groups excluding carboxylic acids is 1. The van der Waals surface area contributed by atoms with Crippen molar-refractivity contribution in [3.8, 4) is 0 Å². The van der Waals surface area contributed by atoms with Crippen molar-refractivity contribution in [1.29, 1.82) is 0 Å². The van der Waals surface area contributed by atoms with Crippen molar-refractivity contribution >= 4 is 17.7 Å². The van der Waals surface area contributed by atoms with Crippen LogP contribution in [0, 0.1) is 0 Å². The Kier molecular flexibility index (Phi) is 5.02. The number of anilines is 1. The molecule has 0 aliphatic carbocycles. The molecule has 1 fully saturated rings. The maximum absolute atomic E-state index is 12.9. The van der Waals surface area contributed by atoms with Crippen LogP contribution in [-0.4, -0.2) is 63.7 Å². The van der Waals surface area contributed by atoms with Gasteiger partial charge in [-0.2, -0.15) is 13.2 Å². The number of nitrogens with zero attached hydrogens (tertiary/aromatic N) is 2. The molecule has 1 amide bonds. The number of morpholine rings is 1. The number of hydrogen-bond acceptors (Lipinski definition) is 6. The molecule has 1 aliphatic rings. The molecular weight excluding hydrogens is 349 g/mol. The molecular formula is C14H15F3N2O6. The number of amides is 1. The molecule has 0 bridgehead atoms. The van der Waals surface area contributed by atoms with Gasteiger partial charge in [0.15, 0.2) is 17.8 Å². The zero-order valence-corrected chi connectivity index (χ0v) is 12.9. The second kappa shape index (κ2) is 6.58. The number of halogens is 3. The molecule has 1 aromatic rings. The predicted octanol–water partition coefficient (Wildman–Crippen LogP) is 0.0287. The van der Waals surface area contributed by atoms with E-state index in [-0.39, 0.29) is 19.0 Å². The molecule has 25 heavy (non-hydrogen) atoms. The second-order valence-corrected chi connectivity index (χ2v) is 5.52. The lowest BCUT2D eigenvalue weighted by Gasteiger charge is -2.33. The number of ether oxygens (including phenoxy) is 1. The van der Waals surface area contributed by atoms with E-state index in [2.05, 4.69) is 4.98 Å². The second-order valence-electron chi connectivity index (χ2n) is 5.52. The summed E-state index contributed by atoms with van der Waals surface area (Å²) in [6, 6.07) is 3.35. The van der Waals surface area contributed by atoms with E-state index in [9.17, 15) is 33.0 Å². The molecule has 0 radical (unpaired) electrons. The van der Waals surface area contributed by atoms with Gasteiger partial charge in [-0.15, -0.1) is 0 Å². The SMILES string of the molecule is CC(O)(c1cccc(N2CCOC(C(O)C(=O)O)C2=O)n1)C(F)(F)F. The Hall–Kier alpha value is -2.24. The first-order valence-electron chi connectivity index (χ1n) is 7.07. The molecule has 8 nitrogen and oxygen atoms in total. The first-order valence-corrected chi connectivity index (χ1v) is 7.07. The molecule has 0 spiro atoms. The number of carboxylic acids is 1. The van der Waals surface area contributed by atoms with Gasteiger partial charge in [0.25, 0.3) is 5.91 Å². The van der Waals surface area contributed by atoms with Crippen LogP contribution in [-0.2, 0) is 19.9 Å². The number of aliphatic hydroxyl groups excluding tert-OH is 1. The van der Waals surface area contributed by atoms with Crippen LogP contribution in [0.2, 0.25) is 0 Å². The maximum Gasteiger partial charge on any atom is 0.422 e. The van der Waals surface area contributed by atoms with Crippen molar-refractivity contribution in [2.75, 3.05) is 18.1 Å². The molecule has 3 atom stereocenters. The van der Waals surface area contributed by atoms with Crippen LogP contribution in [0.15, 0.2) is 18.2 Å². The average Bonchev–Trinajstić information content (AvgIpc) is 2.53. The minimum Gasteiger partial charge on any atom is -0.479 e. The molecule has 1 aliphatic heterocycles. The third-order valence-corrected chi connectivity index (χ3v) is 3.72. The van der Waals surface area contributed by atoms with Crippen LogP contribution >= 0.6 is 0 Å². The van der Waals surface area contributed by atoms with Crippen LogP contribution in [0.3, 0.4) is 0 Å². The molecule has 11 heteroatoms. The molecule has 2 heterocycles. The minimum absolute atomic E-state index is 0.105. The lowest BCUT2D eigenvalue weighted by molar-refractivity contribution is -0.260. The van der Waals surface area contributed by atoms with Gasteiger partial charge in [-0.05, 0) is 19.1 Å². The Balaban J connectivity index is 2.34. The predicted molar refractivity (Wildman–Crippen MR) is 75.6 cm³/mol. The molecule has 3 unspecified atom stereocenters. The smallest absolute Gasteiger partial charge is 0.422 e. The fraction of sp³-hybridized carbons (Fsp3) is 0.500. The average molecular weight is 364 g/mol. The number of pyridine rings is 1. The summed E-state index contributed by atoms with van der Waals surface area (Å²) in [5.41, 5.74) is -3.97. The minimum atomic E-state index is -4.99. The summed E-state index contributed by atoms with van der Waals surface area (Å²) in [5, 5.41) is 28.0. The van der Waals surface area contributed by atoms with Crippen LogP contribution in [0.4, 0.5) is 19.0 Å². The number of aromatic nitrogens is 1. The number of aliphatic carboxylic acids is 1. The topological polar surface area (TPSA) is 120 Å². The lowest BCUT2D eigenvalue weighted by Crippen LogP contribution is -2.55. The summed E-state index contributed by atoms with van der Waals surface area (Å²) in [6.45, 7) is 0.270. The van der Waals surface area contributed by atoms with E-state index in [1.54, 1.807) is 0 Å². The van der Waals surface area contributed by atoms with Crippen LogP contribution < -0.4 is 4.90 Å². The van der Waals surface area contributed by atoms with Crippen LogP contribution in [0.5, 0.6) is 0 Å². The third-order valence-electron chi connectivity index (χ3n) is 3.72. The zero-order chi connectivity index (χ0) is 19.0. The Morgan fingerprint density at radius 2 is 2.08 bits per heavy atom. The van der Waals surface area contributed by atoms with Crippen molar-refractivity contribution in [2.45, 2.75) is 30.9 Å². The summed E-state index contributed by atoms with van der Waals surface area (Å²) in [4.78, 5) is 27.7. The van der Waals surface area contributed by atoms with Crippen LogP contribution in [0.1, 0.15) is 12.6 Å². The largest absolute Gasteiger partial charge is 0.479 e. The van der Waals surface area contributed by atoms with E-state index in [0.29, 0.717) is 6.92 Å². The fourth-order valence-corrected chi connectivity index (χ4v) is 2.18. The summed E-state index contributed by atoms with van der Waals surface area (Å²) in [6.07, 6.45) is -8.83. The Bertz CT molecular complexity index is 679. The zero-order valence-electron chi connectivity index (χ0n) is 12.9. The van der Waals surface area contributed by atoms with Gasteiger partial charge in [0.1, 0.15) is 5.82 Å². The van der Waals surface area contributed by atoms with E-state index in [0.717, 1.165) is 11.0 Å². The molecule has 138 valence electrons.